The third-order valence-electron chi connectivity index (χ3n) is 4.15. The molecule has 2 aliphatic rings. The molecule has 0 aliphatic heterocycles. The first-order valence-electron chi connectivity index (χ1n) is 7.32. The average molecular weight is 297 g/mol. The zero-order valence-electron chi connectivity index (χ0n) is 12.2. The molecule has 0 saturated heterocycles. The van der Waals surface area contributed by atoms with Gasteiger partial charge in [-0.05, 0) is 37.7 Å². The van der Waals surface area contributed by atoms with Gasteiger partial charge in [0.15, 0.2) is 0 Å². The minimum absolute atomic E-state index is 0.413. The molecule has 2 saturated carbocycles. The summed E-state index contributed by atoms with van der Waals surface area (Å²) in [7, 11) is 0.256. The number of sulfonamides is 1. The van der Waals surface area contributed by atoms with Crippen LogP contribution in [0.2, 0.25) is 0 Å². The Kier molecular flexibility index (Phi) is 3.64. The van der Waals surface area contributed by atoms with Crippen molar-refractivity contribution in [2.75, 3.05) is 13.6 Å². The van der Waals surface area contributed by atoms with Crippen molar-refractivity contribution in [3.63, 3.8) is 0 Å². The lowest BCUT2D eigenvalue weighted by atomic mass is 10.4. The van der Waals surface area contributed by atoms with E-state index in [0.717, 1.165) is 25.1 Å². The topological polar surface area (TPSA) is 54.3 Å². The number of aromatic nitrogens is 1. The monoisotopic (exact) mass is 297 g/mol. The van der Waals surface area contributed by atoms with Gasteiger partial charge in [-0.3, -0.25) is 0 Å². The number of nitrogens with zero attached hydrogens (tertiary/aromatic N) is 2. The molecular formula is C14H23N3O2S. The molecule has 5 nitrogen and oxygen atoms in total. The van der Waals surface area contributed by atoms with Crippen molar-refractivity contribution < 1.29 is 8.42 Å². The summed E-state index contributed by atoms with van der Waals surface area (Å²) in [6.07, 6.45) is 6.51. The molecule has 1 N–H and O–H groups in total. The standard InChI is InChI=1S/C14H23N3O2S/c1-16-10-14(7-13(16)8-15-12-5-6-12)20(18,19)17(2)9-11-3-4-11/h7,10-12,15H,3-6,8-9H2,1-2H3. The van der Waals surface area contributed by atoms with Gasteiger partial charge in [0.05, 0.1) is 0 Å². The number of rotatable bonds is 7. The van der Waals surface area contributed by atoms with E-state index in [1.54, 1.807) is 19.3 Å². The molecule has 0 atom stereocenters. The van der Waals surface area contributed by atoms with Crippen LogP contribution in [0.5, 0.6) is 0 Å². The highest BCUT2D eigenvalue weighted by atomic mass is 32.2. The van der Waals surface area contributed by atoms with E-state index in [9.17, 15) is 8.42 Å². The molecule has 20 heavy (non-hydrogen) atoms. The zero-order valence-corrected chi connectivity index (χ0v) is 13.0. The molecule has 2 fully saturated rings. The van der Waals surface area contributed by atoms with Crippen LogP contribution in [0.15, 0.2) is 17.2 Å². The van der Waals surface area contributed by atoms with E-state index < -0.39 is 10.0 Å². The van der Waals surface area contributed by atoms with Crippen LogP contribution in [0.1, 0.15) is 31.4 Å². The second-order valence-electron chi connectivity index (χ2n) is 6.16. The summed E-state index contributed by atoms with van der Waals surface area (Å²) in [5.41, 5.74) is 1.02. The van der Waals surface area contributed by atoms with E-state index >= 15 is 0 Å². The molecule has 0 spiro atoms. The van der Waals surface area contributed by atoms with Crippen molar-refractivity contribution in [1.29, 1.82) is 0 Å². The fourth-order valence-corrected chi connectivity index (χ4v) is 3.72. The number of hydrogen-bond donors (Lipinski definition) is 1. The predicted octanol–water partition coefficient (Wildman–Crippen LogP) is 1.31. The summed E-state index contributed by atoms with van der Waals surface area (Å²) >= 11 is 0. The molecule has 3 rings (SSSR count). The maximum absolute atomic E-state index is 12.5. The highest BCUT2D eigenvalue weighted by Crippen LogP contribution is 2.31. The van der Waals surface area contributed by atoms with Gasteiger partial charge in [0, 0.05) is 45.1 Å². The van der Waals surface area contributed by atoms with E-state index in [1.165, 1.54) is 17.1 Å². The highest BCUT2D eigenvalue weighted by Gasteiger charge is 2.30. The van der Waals surface area contributed by atoms with Gasteiger partial charge in [-0.1, -0.05) is 0 Å². The maximum Gasteiger partial charge on any atom is 0.244 e. The Morgan fingerprint density at radius 3 is 2.65 bits per heavy atom. The molecule has 112 valence electrons. The van der Waals surface area contributed by atoms with Crippen molar-refractivity contribution in [2.24, 2.45) is 13.0 Å². The second kappa shape index (κ2) is 5.16. The Bertz CT molecular complexity index is 586. The van der Waals surface area contributed by atoms with Gasteiger partial charge < -0.3 is 9.88 Å². The third-order valence-corrected chi connectivity index (χ3v) is 5.94. The van der Waals surface area contributed by atoms with Gasteiger partial charge in [-0.15, -0.1) is 0 Å². The Labute approximate surface area is 121 Å². The van der Waals surface area contributed by atoms with Crippen LogP contribution in [0.25, 0.3) is 0 Å². The van der Waals surface area contributed by atoms with Crippen LogP contribution in [-0.4, -0.2) is 36.9 Å². The van der Waals surface area contributed by atoms with Crippen molar-refractivity contribution >= 4 is 10.0 Å². The van der Waals surface area contributed by atoms with Crippen LogP contribution in [0.4, 0.5) is 0 Å². The van der Waals surface area contributed by atoms with Crippen LogP contribution < -0.4 is 5.32 Å². The second-order valence-corrected chi connectivity index (χ2v) is 8.21. The molecule has 2 aliphatic carbocycles. The zero-order chi connectivity index (χ0) is 14.3. The van der Waals surface area contributed by atoms with Gasteiger partial charge in [0.1, 0.15) is 4.90 Å². The van der Waals surface area contributed by atoms with Crippen LogP contribution >= 0.6 is 0 Å². The molecule has 0 radical (unpaired) electrons. The fraction of sp³-hybridized carbons (Fsp3) is 0.714. The van der Waals surface area contributed by atoms with Crippen LogP contribution in [0, 0.1) is 5.92 Å². The molecule has 0 aromatic carbocycles. The van der Waals surface area contributed by atoms with Gasteiger partial charge in [0.25, 0.3) is 0 Å². The summed E-state index contributed by atoms with van der Waals surface area (Å²) in [4.78, 5) is 0.413. The Hall–Kier alpha value is -0.850. The molecule has 0 unspecified atom stereocenters. The van der Waals surface area contributed by atoms with Crippen molar-refractivity contribution in [2.45, 2.75) is 43.2 Å². The highest BCUT2D eigenvalue weighted by molar-refractivity contribution is 7.89. The third kappa shape index (κ3) is 3.07. The molecule has 1 aromatic heterocycles. The lowest BCUT2D eigenvalue weighted by molar-refractivity contribution is 0.453. The first-order valence-corrected chi connectivity index (χ1v) is 8.76. The normalized spacial score (nSPS) is 19.8. The molecule has 0 amide bonds. The van der Waals surface area contributed by atoms with E-state index in [0.29, 0.717) is 23.4 Å². The number of nitrogens with one attached hydrogen (secondary N) is 1. The predicted molar refractivity (Wildman–Crippen MR) is 77.8 cm³/mol. The van der Waals surface area contributed by atoms with Crippen molar-refractivity contribution in [3.8, 4) is 0 Å². The van der Waals surface area contributed by atoms with Gasteiger partial charge >= 0.3 is 0 Å². The summed E-state index contributed by atoms with van der Waals surface area (Å²) < 4.78 is 28.4. The fourth-order valence-electron chi connectivity index (χ4n) is 2.37. The minimum atomic E-state index is -3.33. The van der Waals surface area contributed by atoms with Crippen molar-refractivity contribution in [3.05, 3.63) is 18.0 Å². The minimum Gasteiger partial charge on any atom is -0.352 e. The molecule has 1 aromatic rings. The Morgan fingerprint density at radius 1 is 1.35 bits per heavy atom. The van der Waals surface area contributed by atoms with E-state index in [-0.39, 0.29) is 0 Å². The SMILES string of the molecule is CN(CC1CC1)S(=O)(=O)c1cc(CNC2CC2)n(C)c1. The maximum atomic E-state index is 12.5. The van der Waals surface area contributed by atoms with Crippen LogP contribution in [-0.2, 0) is 23.6 Å². The summed E-state index contributed by atoms with van der Waals surface area (Å²) in [5, 5.41) is 3.42. The van der Waals surface area contributed by atoms with E-state index in [2.05, 4.69) is 5.32 Å². The Balaban J connectivity index is 1.72. The van der Waals surface area contributed by atoms with Crippen LogP contribution in [0.3, 0.4) is 0 Å². The molecule has 6 heteroatoms. The van der Waals surface area contributed by atoms with Gasteiger partial charge in [-0.2, -0.15) is 0 Å². The largest absolute Gasteiger partial charge is 0.352 e. The molecule has 0 bridgehead atoms. The smallest absolute Gasteiger partial charge is 0.244 e. The van der Waals surface area contributed by atoms with Crippen molar-refractivity contribution in [1.82, 2.24) is 14.2 Å². The average Bonchev–Trinajstić information content (AvgIpc) is 3.29. The molecular weight excluding hydrogens is 274 g/mol. The Morgan fingerprint density at radius 2 is 2.05 bits per heavy atom. The molecule has 1 heterocycles. The summed E-state index contributed by atoms with van der Waals surface area (Å²) in [5.74, 6) is 0.564. The quantitative estimate of drug-likeness (QED) is 0.825. The van der Waals surface area contributed by atoms with Gasteiger partial charge in [-0.25, -0.2) is 12.7 Å². The summed E-state index contributed by atoms with van der Waals surface area (Å²) in [6, 6.07) is 2.43. The van der Waals surface area contributed by atoms with E-state index in [1.807, 2.05) is 11.6 Å². The van der Waals surface area contributed by atoms with Gasteiger partial charge in [0.2, 0.25) is 10.0 Å². The first-order chi connectivity index (χ1) is 9.46. The lowest BCUT2D eigenvalue weighted by Crippen LogP contribution is -2.28. The lowest BCUT2D eigenvalue weighted by Gasteiger charge is -2.15. The number of hydrogen-bond acceptors (Lipinski definition) is 3. The van der Waals surface area contributed by atoms with E-state index in [4.69, 9.17) is 0 Å². The summed E-state index contributed by atoms with van der Waals surface area (Å²) in [6.45, 7) is 1.38. The first kappa shape index (κ1) is 14.1. The number of aryl methyl sites for hydroxylation is 1.